The Morgan fingerprint density at radius 1 is 0.881 bits per heavy atom. The van der Waals surface area contributed by atoms with Gasteiger partial charge in [0.05, 0.1) is 13.0 Å². The third-order valence-electron chi connectivity index (χ3n) is 6.41. The van der Waals surface area contributed by atoms with Gasteiger partial charge in [0.2, 0.25) is 5.91 Å². The fourth-order valence-corrected chi connectivity index (χ4v) is 4.19. The van der Waals surface area contributed by atoms with Crippen molar-refractivity contribution in [3.8, 4) is 5.75 Å². The molecule has 0 aliphatic heterocycles. The highest BCUT2D eigenvalue weighted by Gasteiger charge is 2.18. The van der Waals surface area contributed by atoms with E-state index in [1.54, 1.807) is 60.5 Å². The van der Waals surface area contributed by atoms with Crippen LogP contribution in [0.4, 0.5) is 21.9 Å². The second-order valence-electron chi connectivity index (χ2n) is 10.2. The van der Waals surface area contributed by atoms with E-state index in [4.69, 9.17) is 9.84 Å². The maximum Gasteiger partial charge on any atom is 0.319 e. The molecule has 0 saturated carbocycles. The summed E-state index contributed by atoms with van der Waals surface area (Å²) in [7, 11) is 1.68. The monoisotopic (exact) mass is 574 g/mol. The molecule has 0 spiro atoms. The van der Waals surface area contributed by atoms with E-state index in [-0.39, 0.29) is 31.4 Å². The summed E-state index contributed by atoms with van der Waals surface area (Å²) in [4.78, 5) is 52.5. The first kappa shape index (κ1) is 31.7. The van der Waals surface area contributed by atoms with Gasteiger partial charge in [0, 0.05) is 36.7 Å². The average Bonchev–Trinajstić information content (AvgIpc) is 2.97. The number of nitrogens with one attached hydrogen (secondary N) is 2. The van der Waals surface area contributed by atoms with E-state index in [1.165, 1.54) is 4.90 Å². The molecule has 0 fully saturated rings. The Bertz CT molecular complexity index is 1360. The van der Waals surface area contributed by atoms with Crippen molar-refractivity contribution in [1.82, 2.24) is 5.32 Å². The molecule has 0 aliphatic carbocycles. The molecule has 0 bridgehead atoms. The molecule has 10 heteroatoms. The smallest absolute Gasteiger partial charge is 0.319 e. The van der Waals surface area contributed by atoms with Gasteiger partial charge < -0.3 is 30.3 Å². The molecule has 0 saturated heterocycles. The molecule has 42 heavy (non-hydrogen) atoms. The minimum atomic E-state index is -0.972. The largest absolute Gasteiger partial charge is 0.484 e. The number of carboxylic acid groups (broad SMARTS) is 1. The van der Waals surface area contributed by atoms with Crippen molar-refractivity contribution in [2.45, 2.75) is 33.1 Å². The lowest BCUT2D eigenvalue weighted by atomic mass is 10.1. The Hall–Kier alpha value is -4.86. The number of likely N-dealkylation sites (N-methyl/N-ethyl adjacent to an activating group) is 1. The van der Waals surface area contributed by atoms with E-state index >= 15 is 0 Å². The van der Waals surface area contributed by atoms with Crippen molar-refractivity contribution in [2.24, 2.45) is 5.92 Å². The van der Waals surface area contributed by atoms with Gasteiger partial charge in [-0.25, -0.2) is 4.79 Å². The normalized spacial score (nSPS) is 10.6. The lowest BCUT2D eigenvalue weighted by Crippen LogP contribution is -2.42. The van der Waals surface area contributed by atoms with E-state index in [0.717, 1.165) is 18.5 Å². The maximum atomic E-state index is 13.3. The van der Waals surface area contributed by atoms with Gasteiger partial charge in [-0.3, -0.25) is 14.4 Å². The van der Waals surface area contributed by atoms with Crippen molar-refractivity contribution >= 4 is 40.9 Å². The number of para-hydroxylation sites is 1. The number of amides is 4. The summed E-state index contributed by atoms with van der Waals surface area (Å²) in [5.41, 5.74) is 2.31. The third kappa shape index (κ3) is 10.3. The number of nitrogens with zero attached hydrogens (tertiary/aromatic N) is 2. The number of benzene rings is 3. The zero-order valence-electron chi connectivity index (χ0n) is 24.2. The molecule has 0 atom stereocenters. The predicted octanol–water partition coefficient (Wildman–Crippen LogP) is 4.95. The highest BCUT2D eigenvalue weighted by atomic mass is 16.5. The first-order valence-corrected chi connectivity index (χ1v) is 13.8. The van der Waals surface area contributed by atoms with E-state index in [2.05, 4.69) is 24.5 Å². The molecule has 3 aromatic carbocycles. The average molecular weight is 575 g/mol. The summed E-state index contributed by atoms with van der Waals surface area (Å²) in [5.74, 6) is -0.605. The van der Waals surface area contributed by atoms with Gasteiger partial charge in [0.1, 0.15) is 5.75 Å². The number of carbonyl (C=O) groups excluding carboxylic acids is 3. The van der Waals surface area contributed by atoms with Crippen LogP contribution in [-0.4, -0.2) is 55.7 Å². The zero-order chi connectivity index (χ0) is 30.5. The van der Waals surface area contributed by atoms with Crippen LogP contribution in [0.15, 0.2) is 78.9 Å². The van der Waals surface area contributed by atoms with Gasteiger partial charge in [-0.15, -0.1) is 0 Å². The first-order valence-electron chi connectivity index (χ1n) is 13.8. The summed E-state index contributed by atoms with van der Waals surface area (Å²) in [5, 5.41) is 14.2. The first-order chi connectivity index (χ1) is 20.1. The number of urea groups is 1. The van der Waals surface area contributed by atoms with Crippen molar-refractivity contribution < 1.29 is 29.0 Å². The summed E-state index contributed by atoms with van der Waals surface area (Å²) in [6.07, 6.45) is 1.51. The van der Waals surface area contributed by atoms with Crippen LogP contribution < -0.4 is 25.2 Å². The van der Waals surface area contributed by atoms with Crippen LogP contribution in [0.3, 0.4) is 0 Å². The van der Waals surface area contributed by atoms with Gasteiger partial charge in [-0.1, -0.05) is 50.2 Å². The molecule has 0 radical (unpaired) electrons. The van der Waals surface area contributed by atoms with Crippen LogP contribution >= 0.6 is 0 Å². The Balaban J connectivity index is 1.63. The second kappa shape index (κ2) is 15.8. The predicted molar refractivity (Wildman–Crippen MR) is 163 cm³/mol. The molecule has 0 heterocycles. The van der Waals surface area contributed by atoms with E-state index in [9.17, 15) is 19.2 Å². The highest BCUT2D eigenvalue weighted by molar-refractivity contribution is 5.98. The Morgan fingerprint density at radius 3 is 2.31 bits per heavy atom. The molecule has 3 N–H and O–H groups in total. The van der Waals surface area contributed by atoms with E-state index in [1.807, 2.05) is 30.3 Å². The van der Waals surface area contributed by atoms with Gasteiger partial charge >= 0.3 is 12.0 Å². The third-order valence-corrected chi connectivity index (χ3v) is 6.41. The minimum absolute atomic E-state index is 0.165. The fraction of sp³-hybridized carbons (Fsp3) is 0.312. The highest BCUT2D eigenvalue weighted by Crippen LogP contribution is 2.23. The number of carboxylic acids is 1. The zero-order valence-corrected chi connectivity index (χ0v) is 24.2. The van der Waals surface area contributed by atoms with Gasteiger partial charge in [-0.05, 0) is 60.7 Å². The molecule has 0 unspecified atom stereocenters. The van der Waals surface area contributed by atoms with Gasteiger partial charge in [0.25, 0.3) is 5.91 Å². The van der Waals surface area contributed by atoms with Gasteiger partial charge in [-0.2, -0.15) is 0 Å². The summed E-state index contributed by atoms with van der Waals surface area (Å²) in [6.45, 7) is 4.23. The molecule has 3 aromatic rings. The van der Waals surface area contributed by atoms with E-state index < -0.39 is 12.0 Å². The van der Waals surface area contributed by atoms with Crippen LogP contribution in [0, 0.1) is 5.92 Å². The van der Waals surface area contributed by atoms with Crippen LogP contribution in [0.5, 0.6) is 5.75 Å². The van der Waals surface area contributed by atoms with Crippen molar-refractivity contribution in [3.05, 3.63) is 84.4 Å². The number of hydrogen-bond acceptors (Lipinski definition) is 5. The van der Waals surface area contributed by atoms with Crippen LogP contribution in [0.25, 0.3) is 0 Å². The van der Waals surface area contributed by atoms with Crippen molar-refractivity contribution in [3.63, 3.8) is 0 Å². The summed E-state index contributed by atoms with van der Waals surface area (Å²) >= 11 is 0. The molecule has 3 rings (SSSR count). The molecule has 4 amide bonds. The van der Waals surface area contributed by atoms with Crippen LogP contribution in [0.1, 0.15) is 32.3 Å². The SMILES string of the molecule is CC(C)CCCN(C(=O)CNC(=O)Nc1cccc(CC(=O)O)c1)c1cccc(OCC(=O)N(C)c2ccccc2)c1. The molecular weight excluding hydrogens is 536 g/mol. The molecule has 10 nitrogen and oxygen atoms in total. The number of ether oxygens (including phenoxy) is 1. The summed E-state index contributed by atoms with van der Waals surface area (Å²) < 4.78 is 5.78. The quantitative estimate of drug-likeness (QED) is 0.250. The second-order valence-corrected chi connectivity index (χ2v) is 10.2. The number of carbonyl (C=O) groups is 4. The van der Waals surface area contributed by atoms with Crippen LogP contribution in [0.2, 0.25) is 0 Å². The lowest BCUT2D eigenvalue weighted by molar-refractivity contribution is -0.136. The molecule has 222 valence electrons. The minimum Gasteiger partial charge on any atom is -0.484 e. The number of hydrogen-bond donors (Lipinski definition) is 3. The Kier molecular flexibility index (Phi) is 11.9. The van der Waals surface area contributed by atoms with Crippen LogP contribution in [-0.2, 0) is 20.8 Å². The fourth-order valence-electron chi connectivity index (χ4n) is 4.19. The Labute approximate surface area is 246 Å². The number of aliphatic carboxylic acids is 1. The number of rotatable bonds is 14. The maximum absolute atomic E-state index is 13.3. The van der Waals surface area contributed by atoms with Crippen molar-refractivity contribution in [1.29, 1.82) is 0 Å². The van der Waals surface area contributed by atoms with Gasteiger partial charge in [0.15, 0.2) is 6.61 Å². The Morgan fingerprint density at radius 2 is 1.60 bits per heavy atom. The summed E-state index contributed by atoms with van der Waals surface area (Å²) in [6, 6.07) is 22.2. The number of anilines is 3. The molecule has 0 aliphatic rings. The molecular formula is C32H38N4O6. The van der Waals surface area contributed by atoms with Crippen molar-refractivity contribution in [2.75, 3.05) is 41.9 Å². The molecule has 0 aromatic heterocycles. The van der Waals surface area contributed by atoms with E-state index in [0.29, 0.717) is 35.2 Å². The topological polar surface area (TPSA) is 128 Å². The lowest BCUT2D eigenvalue weighted by Gasteiger charge is -2.24. The standard InChI is InChI=1S/C32H38N4O6/c1-23(2)10-9-17-36(29(37)21-33-32(41)34-25-12-7-11-24(18-25)19-31(39)40)27-15-8-16-28(20-27)42-22-30(38)35(3)26-13-5-4-6-14-26/h4-8,11-16,18,20,23H,9-10,17,19,21-22H2,1-3H3,(H,39,40)(H2,33,34,41).